The standard InChI is InChI=1S/C22H20N2OS2/c1-4-15-5-7-17(8-6-15)20-14(2)27-22(24-20)21-23-19(13-26-21)16-9-11-18(25-3)12-10-16/h5-13H,4H2,1-3H3. The molecule has 3 nitrogen and oxygen atoms in total. The molecule has 27 heavy (non-hydrogen) atoms. The molecule has 0 radical (unpaired) electrons. The molecule has 2 heterocycles. The Kier molecular flexibility index (Phi) is 5.05. The smallest absolute Gasteiger partial charge is 0.153 e. The number of hydrogen-bond donors (Lipinski definition) is 0. The van der Waals surface area contributed by atoms with Gasteiger partial charge in [-0.2, -0.15) is 0 Å². The molecule has 0 aliphatic rings. The fourth-order valence-electron chi connectivity index (χ4n) is 2.92. The molecule has 0 unspecified atom stereocenters. The van der Waals surface area contributed by atoms with E-state index >= 15 is 0 Å². The number of rotatable bonds is 5. The summed E-state index contributed by atoms with van der Waals surface area (Å²) in [5.41, 5.74) is 5.62. The van der Waals surface area contributed by atoms with Crippen molar-refractivity contribution in [1.29, 1.82) is 0 Å². The molecule has 0 aliphatic heterocycles. The van der Waals surface area contributed by atoms with Crippen LogP contribution in [0.2, 0.25) is 0 Å². The first-order chi connectivity index (χ1) is 13.2. The molecule has 0 fully saturated rings. The first-order valence-electron chi connectivity index (χ1n) is 8.85. The van der Waals surface area contributed by atoms with Crippen LogP contribution < -0.4 is 4.74 Å². The number of thiazole rings is 2. The molecule has 0 spiro atoms. The van der Waals surface area contributed by atoms with Gasteiger partial charge in [0.05, 0.1) is 18.5 Å². The van der Waals surface area contributed by atoms with Crippen LogP contribution in [0.5, 0.6) is 5.75 Å². The van der Waals surface area contributed by atoms with Crippen LogP contribution in [-0.2, 0) is 6.42 Å². The second kappa shape index (κ2) is 7.62. The summed E-state index contributed by atoms with van der Waals surface area (Å²) in [6.45, 7) is 4.30. The number of ether oxygens (including phenoxy) is 1. The van der Waals surface area contributed by atoms with Gasteiger partial charge in [0.15, 0.2) is 10.0 Å². The van der Waals surface area contributed by atoms with Gasteiger partial charge in [0.1, 0.15) is 5.75 Å². The van der Waals surface area contributed by atoms with E-state index in [4.69, 9.17) is 14.7 Å². The first-order valence-corrected chi connectivity index (χ1v) is 10.5. The molecule has 4 rings (SSSR count). The minimum Gasteiger partial charge on any atom is -0.497 e. The van der Waals surface area contributed by atoms with Gasteiger partial charge in [-0.25, -0.2) is 9.97 Å². The van der Waals surface area contributed by atoms with E-state index < -0.39 is 0 Å². The zero-order chi connectivity index (χ0) is 18.8. The Morgan fingerprint density at radius 2 is 1.59 bits per heavy atom. The summed E-state index contributed by atoms with van der Waals surface area (Å²) in [5, 5.41) is 4.03. The van der Waals surface area contributed by atoms with Crippen molar-refractivity contribution < 1.29 is 4.74 Å². The molecule has 4 aromatic rings. The van der Waals surface area contributed by atoms with Crippen molar-refractivity contribution in [1.82, 2.24) is 9.97 Å². The normalized spacial score (nSPS) is 10.9. The molecule has 136 valence electrons. The van der Waals surface area contributed by atoms with E-state index in [1.54, 1.807) is 29.8 Å². The molecule has 0 saturated heterocycles. The highest BCUT2D eigenvalue weighted by Gasteiger charge is 2.15. The quantitative estimate of drug-likeness (QED) is 0.390. The molecule has 0 atom stereocenters. The second-order valence-electron chi connectivity index (χ2n) is 6.24. The van der Waals surface area contributed by atoms with Crippen molar-refractivity contribution in [3.8, 4) is 38.3 Å². The van der Waals surface area contributed by atoms with Crippen molar-refractivity contribution in [3.05, 3.63) is 64.4 Å². The molecular formula is C22H20N2OS2. The topological polar surface area (TPSA) is 35.0 Å². The van der Waals surface area contributed by atoms with Crippen LogP contribution in [0.3, 0.4) is 0 Å². The summed E-state index contributed by atoms with van der Waals surface area (Å²) >= 11 is 3.34. The largest absolute Gasteiger partial charge is 0.497 e. The van der Waals surface area contributed by atoms with Crippen molar-refractivity contribution >= 4 is 22.7 Å². The maximum atomic E-state index is 5.23. The summed E-state index contributed by atoms with van der Waals surface area (Å²) in [4.78, 5) is 10.9. The van der Waals surface area contributed by atoms with E-state index in [2.05, 4.69) is 43.5 Å². The summed E-state index contributed by atoms with van der Waals surface area (Å²) in [7, 11) is 1.67. The lowest BCUT2D eigenvalue weighted by atomic mass is 10.1. The van der Waals surface area contributed by atoms with E-state index in [-0.39, 0.29) is 0 Å². The highest BCUT2D eigenvalue weighted by atomic mass is 32.1. The van der Waals surface area contributed by atoms with Crippen molar-refractivity contribution in [2.24, 2.45) is 0 Å². The van der Waals surface area contributed by atoms with Gasteiger partial charge in [-0.1, -0.05) is 31.2 Å². The average molecular weight is 393 g/mol. The molecule has 0 bridgehead atoms. The SMILES string of the molecule is CCc1ccc(-c2nc(-c3nc(-c4ccc(OC)cc4)cs3)sc2C)cc1. The Balaban J connectivity index is 1.63. The Morgan fingerprint density at radius 1 is 0.889 bits per heavy atom. The van der Waals surface area contributed by atoms with Crippen molar-refractivity contribution in [2.75, 3.05) is 7.11 Å². The predicted molar refractivity (Wildman–Crippen MR) is 115 cm³/mol. The fraction of sp³-hybridized carbons (Fsp3) is 0.182. The van der Waals surface area contributed by atoms with Crippen LogP contribution in [-0.4, -0.2) is 17.1 Å². The van der Waals surface area contributed by atoms with Gasteiger partial charge in [0, 0.05) is 21.4 Å². The maximum absolute atomic E-state index is 5.23. The Labute approximate surface area is 167 Å². The number of aromatic nitrogens is 2. The lowest BCUT2D eigenvalue weighted by Gasteiger charge is -2.00. The molecule has 2 aromatic carbocycles. The molecule has 5 heteroatoms. The zero-order valence-corrected chi connectivity index (χ0v) is 17.2. The zero-order valence-electron chi connectivity index (χ0n) is 15.5. The Bertz CT molecular complexity index is 1050. The third-order valence-electron chi connectivity index (χ3n) is 4.51. The van der Waals surface area contributed by atoms with Crippen LogP contribution in [0.15, 0.2) is 53.9 Å². The second-order valence-corrected chi connectivity index (χ2v) is 8.30. The van der Waals surface area contributed by atoms with Crippen LogP contribution in [0, 0.1) is 6.92 Å². The molecule has 0 aliphatic carbocycles. The highest BCUT2D eigenvalue weighted by molar-refractivity contribution is 7.21. The number of methoxy groups -OCH3 is 1. The summed E-state index contributed by atoms with van der Waals surface area (Å²) < 4.78 is 5.23. The molecular weight excluding hydrogens is 372 g/mol. The minimum absolute atomic E-state index is 0.850. The van der Waals surface area contributed by atoms with Gasteiger partial charge in [-0.05, 0) is 43.2 Å². The third kappa shape index (κ3) is 3.66. The van der Waals surface area contributed by atoms with E-state index in [1.165, 1.54) is 16.0 Å². The van der Waals surface area contributed by atoms with Gasteiger partial charge in [-0.15, -0.1) is 22.7 Å². The van der Waals surface area contributed by atoms with Crippen LogP contribution in [0.1, 0.15) is 17.4 Å². The van der Waals surface area contributed by atoms with Crippen molar-refractivity contribution in [2.45, 2.75) is 20.3 Å². The van der Waals surface area contributed by atoms with Crippen LogP contribution in [0.25, 0.3) is 32.5 Å². The lowest BCUT2D eigenvalue weighted by Crippen LogP contribution is -1.84. The minimum atomic E-state index is 0.850. The fourth-order valence-corrected chi connectivity index (χ4v) is 4.72. The van der Waals surface area contributed by atoms with Gasteiger partial charge in [0.2, 0.25) is 0 Å². The molecule has 0 N–H and O–H groups in total. The monoisotopic (exact) mass is 392 g/mol. The number of nitrogens with zero attached hydrogens (tertiary/aromatic N) is 2. The van der Waals surface area contributed by atoms with Crippen LogP contribution in [0.4, 0.5) is 0 Å². The van der Waals surface area contributed by atoms with E-state index in [0.717, 1.165) is 39.1 Å². The molecule has 2 aromatic heterocycles. The average Bonchev–Trinajstić information content (AvgIpc) is 3.35. The number of benzene rings is 2. The predicted octanol–water partition coefficient (Wildman–Crippen LogP) is 6.48. The van der Waals surface area contributed by atoms with E-state index in [9.17, 15) is 0 Å². The summed E-state index contributed by atoms with van der Waals surface area (Å²) in [6.07, 6.45) is 1.05. The number of hydrogen-bond acceptors (Lipinski definition) is 5. The van der Waals surface area contributed by atoms with Gasteiger partial charge in [0.25, 0.3) is 0 Å². The first kappa shape index (κ1) is 17.9. The summed E-state index contributed by atoms with van der Waals surface area (Å²) in [6, 6.07) is 16.7. The van der Waals surface area contributed by atoms with Gasteiger partial charge < -0.3 is 4.74 Å². The highest BCUT2D eigenvalue weighted by Crippen LogP contribution is 2.36. The maximum Gasteiger partial charge on any atom is 0.153 e. The number of aryl methyl sites for hydroxylation is 2. The third-order valence-corrected chi connectivity index (χ3v) is 6.46. The molecule has 0 saturated carbocycles. The van der Waals surface area contributed by atoms with Crippen LogP contribution >= 0.6 is 22.7 Å². The van der Waals surface area contributed by atoms with E-state index in [0.29, 0.717) is 0 Å². The Hall–Kier alpha value is -2.50. The van der Waals surface area contributed by atoms with Gasteiger partial charge in [-0.3, -0.25) is 0 Å². The lowest BCUT2D eigenvalue weighted by molar-refractivity contribution is 0.415. The molecule has 0 amide bonds. The van der Waals surface area contributed by atoms with Gasteiger partial charge >= 0.3 is 0 Å². The van der Waals surface area contributed by atoms with Crippen molar-refractivity contribution in [3.63, 3.8) is 0 Å². The Morgan fingerprint density at radius 3 is 2.26 bits per heavy atom. The summed E-state index contributed by atoms with van der Waals surface area (Å²) in [5.74, 6) is 0.850. The van der Waals surface area contributed by atoms with E-state index in [1.807, 2.05) is 24.3 Å².